The van der Waals surface area contributed by atoms with Gasteiger partial charge < -0.3 is 14.2 Å². The van der Waals surface area contributed by atoms with E-state index in [0.717, 1.165) is 16.9 Å². The summed E-state index contributed by atoms with van der Waals surface area (Å²) in [4.78, 5) is 43.2. The molecule has 2 aromatic carbocycles. The summed E-state index contributed by atoms with van der Waals surface area (Å²) in [6.07, 6.45) is 0. The minimum absolute atomic E-state index is 0.0961. The van der Waals surface area contributed by atoms with Crippen molar-refractivity contribution in [3.63, 3.8) is 0 Å². The number of carbonyl (C=O) groups is 3. The van der Waals surface area contributed by atoms with Crippen molar-refractivity contribution in [1.82, 2.24) is 4.98 Å². The lowest BCUT2D eigenvalue weighted by molar-refractivity contribution is -0.149. The molecule has 0 aliphatic rings. The molecule has 1 aromatic heterocycles. The molecule has 0 fully saturated rings. The highest BCUT2D eigenvalue weighted by molar-refractivity contribution is 7.17. The number of halogens is 1. The number of rotatable bonds is 10. The summed E-state index contributed by atoms with van der Waals surface area (Å²) in [6.45, 7) is 2.57. The van der Waals surface area contributed by atoms with Gasteiger partial charge in [-0.3, -0.25) is 9.69 Å². The minimum Gasteiger partial charge on any atom is -0.479 e. The molecule has 0 bridgehead atoms. The van der Waals surface area contributed by atoms with Gasteiger partial charge in [-0.25, -0.2) is 19.0 Å². The third-order valence-electron chi connectivity index (χ3n) is 4.50. The number of aryl methyl sites for hydroxylation is 1. The maximum Gasteiger partial charge on any atom is 0.350 e. The van der Waals surface area contributed by atoms with E-state index in [4.69, 9.17) is 14.2 Å². The van der Waals surface area contributed by atoms with Gasteiger partial charge in [-0.1, -0.05) is 53.8 Å². The fourth-order valence-corrected chi connectivity index (χ4v) is 3.85. The number of nitrogens with zero attached hydrogens (tertiary/aromatic N) is 2. The van der Waals surface area contributed by atoms with Crippen molar-refractivity contribution in [3.8, 4) is 5.75 Å². The SMILES string of the molecule is CCOC(=O)c1sc(N(Cc2ccccc2)C(=O)COC(=O)COc2ccccc2F)nc1C. The van der Waals surface area contributed by atoms with Crippen LogP contribution in [0.1, 0.15) is 27.9 Å². The Kier molecular flexibility index (Phi) is 8.69. The van der Waals surface area contributed by atoms with Gasteiger partial charge in [0, 0.05) is 0 Å². The Balaban J connectivity index is 1.70. The number of amides is 1. The van der Waals surface area contributed by atoms with Crippen LogP contribution in [0.15, 0.2) is 54.6 Å². The lowest BCUT2D eigenvalue weighted by Gasteiger charge is -2.20. The second kappa shape index (κ2) is 11.9. The lowest BCUT2D eigenvalue weighted by atomic mass is 10.2. The summed E-state index contributed by atoms with van der Waals surface area (Å²) < 4.78 is 28.8. The number of carbonyl (C=O) groups excluding carboxylic acids is 3. The fourth-order valence-electron chi connectivity index (χ4n) is 2.87. The van der Waals surface area contributed by atoms with E-state index in [2.05, 4.69) is 4.98 Å². The van der Waals surface area contributed by atoms with E-state index in [9.17, 15) is 18.8 Å². The zero-order chi connectivity index (χ0) is 24.5. The van der Waals surface area contributed by atoms with E-state index in [0.29, 0.717) is 5.69 Å². The van der Waals surface area contributed by atoms with Crippen molar-refractivity contribution >= 4 is 34.3 Å². The highest BCUT2D eigenvalue weighted by Crippen LogP contribution is 2.28. The van der Waals surface area contributed by atoms with E-state index >= 15 is 0 Å². The molecule has 10 heteroatoms. The Hall–Kier alpha value is -3.79. The molecule has 0 spiro atoms. The van der Waals surface area contributed by atoms with Gasteiger partial charge in [0.05, 0.1) is 18.8 Å². The molecule has 3 rings (SSSR count). The first kappa shape index (κ1) is 24.8. The van der Waals surface area contributed by atoms with Crippen molar-refractivity contribution in [2.24, 2.45) is 0 Å². The van der Waals surface area contributed by atoms with Crippen molar-refractivity contribution in [1.29, 1.82) is 0 Å². The van der Waals surface area contributed by atoms with Crippen molar-refractivity contribution in [3.05, 3.63) is 76.5 Å². The Morgan fingerprint density at radius 1 is 1.00 bits per heavy atom. The van der Waals surface area contributed by atoms with E-state index in [1.54, 1.807) is 19.9 Å². The second-order valence-corrected chi connectivity index (χ2v) is 7.95. The van der Waals surface area contributed by atoms with E-state index in [-0.39, 0.29) is 28.9 Å². The van der Waals surface area contributed by atoms with Crippen molar-refractivity contribution in [2.75, 3.05) is 24.7 Å². The maximum atomic E-state index is 13.6. The number of anilines is 1. The van der Waals surface area contributed by atoms with Crippen LogP contribution < -0.4 is 9.64 Å². The smallest absolute Gasteiger partial charge is 0.350 e. The van der Waals surface area contributed by atoms with Gasteiger partial charge in [-0.15, -0.1) is 0 Å². The van der Waals surface area contributed by atoms with Gasteiger partial charge in [0.25, 0.3) is 5.91 Å². The molecule has 0 aliphatic heterocycles. The standard InChI is InChI=1S/C24H23FN2O6S/c1-3-31-23(30)22-16(2)26-24(34-22)27(13-17-9-5-4-6-10-17)20(28)14-33-21(29)15-32-19-12-8-7-11-18(19)25/h4-12H,3,13-15H2,1-2H3. The lowest BCUT2D eigenvalue weighted by Crippen LogP contribution is -2.35. The number of ether oxygens (including phenoxy) is 3. The minimum atomic E-state index is -0.834. The molecule has 0 saturated heterocycles. The van der Waals surface area contributed by atoms with E-state index in [1.165, 1.54) is 23.1 Å². The van der Waals surface area contributed by atoms with Gasteiger partial charge in [0.1, 0.15) is 4.88 Å². The molecule has 3 aromatic rings. The Labute approximate surface area is 199 Å². The molecule has 0 atom stereocenters. The van der Waals surface area contributed by atoms with Crippen LogP contribution in [-0.2, 0) is 25.6 Å². The van der Waals surface area contributed by atoms with E-state index < -0.39 is 36.9 Å². The van der Waals surface area contributed by atoms with E-state index in [1.807, 2.05) is 30.3 Å². The molecule has 1 heterocycles. The summed E-state index contributed by atoms with van der Waals surface area (Å²) in [7, 11) is 0. The predicted molar refractivity (Wildman–Crippen MR) is 123 cm³/mol. The fraction of sp³-hybridized carbons (Fsp3) is 0.250. The molecule has 178 valence electrons. The van der Waals surface area contributed by atoms with Crippen LogP contribution in [0.4, 0.5) is 9.52 Å². The highest BCUT2D eigenvalue weighted by atomic mass is 32.1. The van der Waals surface area contributed by atoms with Crippen LogP contribution in [0.5, 0.6) is 5.75 Å². The zero-order valence-electron chi connectivity index (χ0n) is 18.7. The topological polar surface area (TPSA) is 95.0 Å². The number of hydrogen-bond donors (Lipinski definition) is 0. The van der Waals surface area contributed by atoms with Gasteiger partial charge in [0.15, 0.2) is 29.9 Å². The monoisotopic (exact) mass is 486 g/mol. The zero-order valence-corrected chi connectivity index (χ0v) is 19.5. The van der Waals surface area contributed by atoms with Gasteiger partial charge in [-0.05, 0) is 31.5 Å². The van der Waals surface area contributed by atoms with Gasteiger partial charge in [-0.2, -0.15) is 0 Å². The quantitative estimate of drug-likeness (QED) is 0.401. The first-order valence-electron chi connectivity index (χ1n) is 10.4. The Morgan fingerprint density at radius 2 is 1.71 bits per heavy atom. The number of hydrogen-bond acceptors (Lipinski definition) is 8. The molecule has 1 amide bonds. The van der Waals surface area contributed by atoms with Crippen LogP contribution in [0.2, 0.25) is 0 Å². The molecule has 8 nitrogen and oxygen atoms in total. The first-order valence-corrected chi connectivity index (χ1v) is 11.2. The average molecular weight is 487 g/mol. The molecule has 0 radical (unpaired) electrons. The highest BCUT2D eigenvalue weighted by Gasteiger charge is 2.25. The molecule has 0 N–H and O–H groups in total. The molecule has 0 saturated carbocycles. The number of benzene rings is 2. The predicted octanol–water partition coefficient (Wildman–Crippen LogP) is 3.92. The summed E-state index contributed by atoms with van der Waals surface area (Å²) in [5.74, 6) is -2.61. The Morgan fingerprint density at radius 3 is 2.41 bits per heavy atom. The van der Waals surface area contributed by atoms with Crippen LogP contribution in [0.25, 0.3) is 0 Å². The molecular formula is C24H23FN2O6S. The molecular weight excluding hydrogens is 463 g/mol. The molecule has 0 unspecified atom stereocenters. The van der Waals surface area contributed by atoms with Crippen molar-refractivity contribution in [2.45, 2.75) is 20.4 Å². The van der Waals surface area contributed by atoms with Gasteiger partial charge in [0.2, 0.25) is 0 Å². The van der Waals surface area contributed by atoms with Crippen LogP contribution in [-0.4, -0.2) is 42.7 Å². The molecule has 0 aliphatic carbocycles. The number of aromatic nitrogens is 1. The first-order chi connectivity index (χ1) is 16.4. The maximum absolute atomic E-state index is 13.6. The summed E-state index contributed by atoms with van der Waals surface area (Å²) in [5, 5.41) is 0.271. The number of thiazole rings is 1. The average Bonchev–Trinajstić information content (AvgIpc) is 3.22. The third kappa shape index (κ3) is 6.61. The Bertz CT molecular complexity index is 1150. The number of para-hydroxylation sites is 1. The third-order valence-corrected chi connectivity index (χ3v) is 5.66. The van der Waals surface area contributed by atoms with Crippen LogP contribution in [0, 0.1) is 12.7 Å². The largest absolute Gasteiger partial charge is 0.479 e. The number of esters is 2. The molecule has 34 heavy (non-hydrogen) atoms. The van der Waals surface area contributed by atoms with Crippen LogP contribution in [0.3, 0.4) is 0 Å². The van der Waals surface area contributed by atoms with Crippen LogP contribution >= 0.6 is 11.3 Å². The second-order valence-electron chi connectivity index (χ2n) is 6.98. The normalized spacial score (nSPS) is 10.4. The summed E-state index contributed by atoms with van der Waals surface area (Å²) >= 11 is 1.02. The summed E-state index contributed by atoms with van der Waals surface area (Å²) in [5.41, 5.74) is 1.25. The van der Waals surface area contributed by atoms with Crippen molar-refractivity contribution < 1.29 is 33.0 Å². The van der Waals surface area contributed by atoms with Gasteiger partial charge >= 0.3 is 11.9 Å². The summed E-state index contributed by atoms with van der Waals surface area (Å²) in [6, 6.07) is 14.8.